The number of aliphatic hydroxyl groups excluding tert-OH is 1. The topological polar surface area (TPSA) is 104 Å². The van der Waals surface area contributed by atoms with Gasteiger partial charge in [0.25, 0.3) is 0 Å². The first-order chi connectivity index (χ1) is 17.1. The zero-order chi connectivity index (χ0) is 24.2. The van der Waals surface area contributed by atoms with Gasteiger partial charge in [0.05, 0.1) is 24.6 Å². The Bertz CT molecular complexity index is 1300. The molecule has 0 aliphatic carbocycles. The van der Waals surface area contributed by atoms with Crippen LogP contribution in [0.25, 0.3) is 16.7 Å². The second-order valence-electron chi connectivity index (χ2n) is 8.91. The number of aliphatic hydroxyl groups is 1. The van der Waals surface area contributed by atoms with Crippen LogP contribution in [0.15, 0.2) is 66.9 Å². The fourth-order valence-electron chi connectivity index (χ4n) is 4.75. The lowest BCUT2D eigenvalue weighted by Crippen LogP contribution is -2.32. The van der Waals surface area contributed by atoms with Crippen LogP contribution in [-0.4, -0.2) is 56.6 Å². The van der Waals surface area contributed by atoms with Gasteiger partial charge in [-0.25, -0.2) is 0 Å². The number of amides is 1. The SMILES string of the molecule is O=C(Cc1cn(-c2ccc(N3CCCC3CO)nn2)c2ccccc12)NCCc1ccc(O)cc1. The zero-order valence-electron chi connectivity index (χ0n) is 19.5. The van der Waals surface area contributed by atoms with Gasteiger partial charge in [-0.05, 0) is 60.7 Å². The molecule has 1 aliphatic heterocycles. The third kappa shape index (κ3) is 4.97. The van der Waals surface area contributed by atoms with E-state index in [2.05, 4.69) is 20.4 Å². The van der Waals surface area contributed by atoms with Crippen molar-refractivity contribution in [1.29, 1.82) is 0 Å². The lowest BCUT2D eigenvalue weighted by atomic mass is 10.1. The third-order valence-corrected chi connectivity index (χ3v) is 6.58. The predicted octanol–water partition coefficient (Wildman–Crippen LogP) is 2.99. The Labute approximate surface area is 203 Å². The molecule has 8 nitrogen and oxygen atoms in total. The Morgan fingerprint density at radius 1 is 1.03 bits per heavy atom. The number of phenolic OH excluding ortho intramolecular Hbond substituents is 1. The lowest BCUT2D eigenvalue weighted by Gasteiger charge is -2.23. The minimum Gasteiger partial charge on any atom is -0.508 e. The van der Waals surface area contributed by atoms with E-state index in [1.54, 1.807) is 12.1 Å². The number of benzene rings is 2. The van der Waals surface area contributed by atoms with Crippen LogP contribution >= 0.6 is 0 Å². The average Bonchev–Trinajstić information content (AvgIpc) is 3.51. The van der Waals surface area contributed by atoms with Crippen molar-refractivity contribution < 1.29 is 15.0 Å². The molecule has 1 atom stereocenters. The number of fused-ring (bicyclic) bond motifs is 1. The molecule has 5 rings (SSSR count). The number of hydrogen-bond acceptors (Lipinski definition) is 6. The van der Waals surface area contributed by atoms with Crippen molar-refractivity contribution in [3.63, 3.8) is 0 Å². The summed E-state index contributed by atoms with van der Waals surface area (Å²) in [5, 5.41) is 31.9. The van der Waals surface area contributed by atoms with E-state index in [0.717, 1.165) is 47.2 Å². The summed E-state index contributed by atoms with van der Waals surface area (Å²) < 4.78 is 1.97. The number of rotatable bonds is 8. The summed E-state index contributed by atoms with van der Waals surface area (Å²) in [6, 6.07) is 19.0. The molecule has 2 aromatic carbocycles. The molecule has 4 aromatic rings. The smallest absolute Gasteiger partial charge is 0.224 e. The number of carbonyl (C=O) groups is 1. The second kappa shape index (κ2) is 10.1. The summed E-state index contributed by atoms with van der Waals surface area (Å²) in [5.74, 6) is 1.65. The number of carbonyl (C=O) groups excluding carboxylic acids is 1. The standard InChI is InChI=1S/C27H29N5O3/c33-18-21-4-3-15-31(21)25-11-12-26(30-29-25)32-17-20(23-5-1-2-6-24(23)32)16-27(35)28-14-13-19-7-9-22(34)10-8-19/h1-2,5-12,17,21,33-34H,3-4,13-16,18H2,(H,28,35). The molecule has 1 fully saturated rings. The van der Waals surface area contributed by atoms with E-state index >= 15 is 0 Å². The third-order valence-electron chi connectivity index (χ3n) is 6.58. The Morgan fingerprint density at radius 2 is 1.80 bits per heavy atom. The van der Waals surface area contributed by atoms with Crippen LogP contribution in [0.1, 0.15) is 24.0 Å². The quantitative estimate of drug-likeness (QED) is 0.365. The highest BCUT2D eigenvalue weighted by molar-refractivity contribution is 5.90. The van der Waals surface area contributed by atoms with Crippen LogP contribution in [0, 0.1) is 0 Å². The molecule has 0 bridgehead atoms. The van der Waals surface area contributed by atoms with Crippen molar-refractivity contribution in [2.75, 3.05) is 24.6 Å². The van der Waals surface area contributed by atoms with E-state index < -0.39 is 0 Å². The van der Waals surface area contributed by atoms with E-state index in [-0.39, 0.29) is 30.7 Å². The molecule has 0 saturated carbocycles. The van der Waals surface area contributed by atoms with Gasteiger partial charge in [0, 0.05) is 24.7 Å². The van der Waals surface area contributed by atoms with Crippen LogP contribution < -0.4 is 10.2 Å². The number of nitrogens with zero attached hydrogens (tertiary/aromatic N) is 4. The van der Waals surface area contributed by atoms with E-state index in [4.69, 9.17) is 0 Å². The number of anilines is 1. The number of para-hydroxylation sites is 1. The highest BCUT2D eigenvalue weighted by atomic mass is 16.3. The first-order valence-corrected chi connectivity index (χ1v) is 12.0. The molecule has 8 heteroatoms. The van der Waals surface area contributed by atoms with Crippen molar-refractivity contribution in [3.8, 4) is 11.6 Å². The summed E-state index contributed by atoms with van der Waals surface area (Å²) in [6.07, 6.45) is 4.92. The lowest BCUT2D eigenvalue weighted by molar-refractivity contribution is -0.120. The van der Waals surface area contributed by atoms with Crippen LogP contribution in [0.4, 0.5) is 5.82 Å². The maximum absolute atomic E-state index is 12.7. The van der Waals surface area contributed by atoms with Crippen molar-refractivity contribution >= 4 is 22.6 Å². The van der Waals surface area contributed by atoms with Gasteiger partial charge < -0.3 is 20.4 Å². The van der Waals surface area contributed by atoms with Crippen LogP contribution in [0.5, 0.6) is 5.75 Å². The number of aromatic nitrogens is 3. The van der Waals surface area contributed by atoms with E-state index in [9.17, 15) is 15.0 Å². The molecule has 35 heavy (non-hydrogen) atoms. The normalized spacial score (nSPS) is 15.6. The summed E-state index contributed by atoms with van der Waals surface area (Å²) in [5.41, 5.74) is 2.95. The highest BCUT2D eigenvalue weighted by Crippen LogP contribution is 2.27. The molecule has 1 aliphatic rings. The summed E-state index contributed by atoms with van der Waals surface area (Å²) in [7, 11) is 0. The Balaban J connectivity index is 1.30. The molecular weight excluding hydrogens is 442 g/mol. The van der Waals surface area contributed by atoms with Gasteiger partial charge in [-0.2, -0.15) is 0 Å². The largest absolute Gasteiger partial charge is 0.508 e. The monoisotopic (exact) mass is 471 g/mol. The second-order valence-corrected chi connectivity index (χ2v) is 8.91. The first kappa shape index (κ1) is 22.9. The van der Waals surface area contributed by atoms with Crippen molar-refractivity contribution in [2.24, 2.45) is 0 Å². The van der Waals surface area contributed by atoms with Gasteiger partial charge in [0.1, 0.15) is 5.75 Å². The molecule has 0 spiro atoms. The van der Waals surface area contributed by atoms with E-state index in [1.807, 2.05) is 59.3 Å². The Morgan fingerprint density at radius 3 is 2.57 bits per heavy atom. The summed E-state index contributed by atoms with van der Waals surface area (Å²) in [4.78, 5) is 14.8. The molecule has 1 amide bonds. The van der Waals surface area contributed by atoms with Gasteiger partial charge in [-0.1, -0.05) is 30.3 Å². The van der Waals surface area contributed by atoms with Crippen LogP contribution in [-0.2, 0) is 17.6 Å². The molecule has 0 radical (unpaired) electrons. The van der Waals surface area contributed by atoms with Gasteiger partial charge in [0.2, 0.25) is 5.91 Å². The van der Waals surface area contributed by atoms with E-state index in [1.165, 1.54) is 0 Å². The molecular formula is C27H29N5O3. The number of phenols is 1. The summed E-state index contributed by atoms with van der Waals surface area (Å²) >= 11 is 0. The van der Waals surface area contributed by atoms with Crippen molar-refractivity contribution in [2.45, 2.75) is 31.7 Å². The molecule has 3 heterocycles. The highest BCUT2D eigenvalue weighted by Gasteiger charge is 2.25. The number of aromatic hydroxyl groups is 1. The molecule has 1 unspecified atom stereocenters. The van der Waals surface area contributed by atoms with E-state index in [0.29, 0.717) is 18.8 Å². The fraction of sp³-hybridized carbons (Fsp3) is 0.296. The van der Waals surface area contributed by atoms with Gasteiger partial charge in [-0.15, -0.1) is 10.2 Å². The molecule has 3 N–H and O–H groups in total. The van der Waals surface area contributed by atoms with Gasteiger partial charge in [0.15, 0.2) is 11.6 Å². The zero-order valence-corrected chi connectivity index (χ0v) is 19.5. The number of nitrogens with one attached hydrogen (secondary N) is 1. The minimum absolute atomic E-state index is 0.0443. The van der Waals surface area contributed by atoms with Crippen molar-refractivity contribution in [3.05, 3.63) is 78.0 Å². The maximum atomic E-state index is 12.7. The van der Waals surface area contributed by atoms with Crippen LogP contribution in [0.3, 0.4) is 0 Å². The predicted molar refractivity (Wildman–Crippen MR) is 135 cm³/mol. The number of hydrogen-bond donors (Lipinski definition) is 3. The van der Waals surface area contributed by atoms with Gasteiger partial charge >= 0.3 is 0 Å². The van der Waals surface area contributed by atoms with Gasteiger partial charge in [-0.3, -0.25) is 9.36 Å². The molecule has 180 valence electrons. The molecule has 2 aromatic heterocycles. The Hall–Kier alpha value is -3.91. The fourth-order valence-corrected chi connectivity index (χ4v) is 4.75. The Kier molecular flexibility index (Phi) is 6.63. The summed E-state index contributed by atoms with van der Waals surface area (Å²) in [6.45, 7) is 1.52. The minimum atomic E-state index is -0.0443. The first-order valence-electron chi connectivity index (χ1n) is 12.0. The average molecular weight is 472 g/mol. The van der Waals surface area contributed by atoms with Crippen molar-refractivity contribution in [1.82, 2.24) is 20.1 Å². The maximum Gasteiger partial charge on any atom is 0.224 e. The molecule has 1 saturated heterocycles. The van der Waals surface area contributed by atoms with Crippen LogP contribution in [0.2, 0.25) is 0 Å².